The van der Waals surface area contributed by atoms with Gasteiger partial charge < -0.3 is 14.7 Å². The van der Waals surface area contributed by atoms with Gasteiger partial charge in [-0.05, 0) is 18.6 Å². The first-order chi connectivity index (χ1) is 10.6. The Morgan fingerprint density at radius 2 is 2.09 bits per heavy atom. The van der Waals surface area contributed by atoms with Crippen LogP contribution in [-0.4, -0.2) is 54.0 Å². The van der Waals surface area contributed by atoms with E-state index < -0.39 is 11.9 Å². The molecule has 116 valence electrons. The van der Waals surface area contributed by atoms with E-state index in [4.69, 9.17) is 9.84 Å². The smallest absolute Gasteiger partial charge is 0.308 e. The van der Waals surface area contributed by atoms with Gasteiger partial charge in [-0.1, -0.05) is 12.1 Å². The number of likely N-dealkylation sites (tertiary alicyclic amines) is 1. The number of hydrogen-bond donors (Lipinski definition) is 1. The number of amides is 2. The van der Waals surface area contributed by atoms with Gasteiger partial charge in [0.1, 0.15) is 12.3 Å². The van der Waals surface area contributed by atoms with Gasteiger partial charge in [0, 0.05) is 13.1 Å². The summed E-state index contributed by atoms with van der Waals surface area (Å²) in [6.07, 6.45) is 0.453. The summed E-state index contributed by atoms with van der Waals surface area (Å²) in [6, 6.07) is 7.04. The maximum Gasteiger partial charge on any atom is 0.308 e. The first kappa shape index (κ1) is 14.4. The van der Waals surface area contributed by atoms with Gasteiger partial charge >= 0.3 is 5.97 Å². The second-order valence-corrected chi connectivity index (χ2v) is 5.40. The molecule has 0 spiro atoms. The molecule has 0 aromatic heterocycles. The third-order valence-electron chi connectivity index (χ3n) is 3.99. The molecule has 1 aromatic carbocycles. The van der Waals surface area contributed by atoms with Crippen molar-refractivity contribution in [2.45, 2.75) is 6.42 Å². The number of carbonyl (C=O) groups is 3. The SMILES string of the molecule is O=C(O)C1CCN(C(=O)CN2C(=O)COc3ccccc32)C1. The van der Waals surface area contributed by atoms with E-state index in [9.17, 15) is 14.4 Å². The Morgan fingerprint density at radius 1 is 1.32 bits per heavy atom. The molecular weight excluding hydrogens is 288 g/mol. The molecule has 0 saturated carbocycles. The first-order valence-electron chi connectivity index (χ1n) is 7.09. The van der Waals surface area contributed by atoms with Crippen LogP contribution in [0.25, 0.3) is 0 Å². The molecule has 0 radical (unpaired) electrons. The number of fused-ring (bicyclic) bond motifs is 1. The number of anilines is 1. The Balaban J connectivity index is 1.72. The second kappa shape index (κ2) is 5.67. The van der Waals surface area contributed by atoms with Crippen molar-refractivity contribution in [1.82, 2.24) is 4.90 Å². The number of hydrogen-bond acceptors (Lipinski definition) is 4. The molecule has 22 heavy (non-hydrogen) atoms. The number of para-hydroxylation sites is 2. The Kier molecular flexibility index (Phi) is 3.70. The van der Waals surface area contributed by atoms with E-state index in [0.29, 0.717) is 24.4 Å². The fraction of sp³-hybridized carbons (Fsp3) is 0.400. The number of benzene rings is 1. The number of aliphatic carboxylic acids is 1. The van der Waals surface area contributed by atoms with E-state index >= 15 is 0 Å². The monoisotopic (exact) mass is 304 g/mol. The first-order valence-corrected chi connectivity index (χ1v) is 7.09. The van der Waals surface area contributed by atoms with E-state index in [1.807, 2.05) is 0 Å². The molecule has 1 atom stereocenters. The minimum Gasteiger partial charge on any atom is -0.482 e. The summed E-state index contributed by atoms with van der Waals surface area (Å²) in [7, 11) is 0. The van der Waals surface area contributed by atoms with Crippen LogP contribution in [0.4, 0.5) is 5.69 Å². The molecule has 1 saturated heterocycles. The highest BCUT2D eigenvalue weighted by Gasteiger charge is 2.33. The molecule has 3 rings (SSSR count). The zero-order chi connectivity index (χ0) is 15.7. The molecule has 1 unspecified atom stereocenters. The van der Waals surface area contributed by atoms with E-state index in [0.717, 1.165) is 0 Å². The topological polar surface area (TPSA) is 87.2 Å². The van der Waals surface area contributed by atoms with E-state index in [-0.39, 0.29) is 31.5 Å². The molecule has 7 heteroatoms. The number of ether oxygens (including phenoxy) is 1. The summed E-state index contributed by atoms with van der Waals surface area (Å²) in [5.74, 6) is -1.35. The quantitative estimate of drug-likeness (QED) is 0.870. The average Bonchev–Trinajstić information content (AvgIpc) is 3.00. The Hall–Kier alpha value is -2.57. The molecule has 2 heterocycles. The highest BCUT2D eigenvalue weighted by atomic mass is 16.5. The van der Waals surface area contributed by atoms with Crippen molar-refractivity contribution < 1.29 is 24.2 Å². The zero-order valence-electron chi connectivity index (χ0n) is 11.9. The highest BCUT2D eigenvalue weighted by molar-refractivity contribution is 6.02. The second-order valence-electron chi connectivity index (χ2n) is 5.40. The summed E-state index contributed by atoms with van der Waals surface area (Å²) in [4.78, 5) is 38.2. The molecule has 2 amide bonds. The third kappa shape index (κ3) is 2.61. The van der Waals surface area contributed by atoms with Crippen LogP contribution in [0.15, 0.2) is 24.3 Å². The van der Waals surface area contributed by atoms with Crippen LogP contribution in [0.5, 0.6) is 5.75 Å². The van der Waals surface area contributed by atoms with Crippen LogP contribution in [0.2, 0.25) is 0 Å². The van der Waals surface area contributed by atoms with Crippen LogP contribution in [0.3, 0.4) is 0 Å². The lowest BCUT2D eigenvalue weighted by Gasteiger charge is -2.30. The lowest BCUT2D eigenvalue weighted by Crippen LogP contribution is -2.46. The lowest BCUT2D eigenvalue weighted by atomic mass is 10.1. The predicted octanol–water partition coefficient (Wildman–Crippen LogP) is 0.345. The Bertz CT molecular complexity index is 630. The molecular formula is C15H16N2O5. The summed E-state index contributed by atoms with van der Waals surface area (Å²) in [6.45, 7) is 0.428. The van der Waals surface area contributed by atoms with Crippen molar-refractivity contribution >= 4 is 23.5 Å². The van der Waals surface area contributed by atoms with Gasteiger partial charge in [0.05, 0.1) is 11.6 Å². The molecule has 0 aliphatic carbocycles. The summed E-state index contributed by atoms with van der Waals surface area (Å²) in [5, 5.41) is 8.99. The summed E-state index contributed by atoms with van der Waals surface area (Å²) >= 11 is 0. The van der Waals surface area contributed by atoms with Gasteiger partial charge in [0.2, 0.25) is 5.91 Å². The number of carboxylic acids is 1. The van der Waals surface area contributed by atoms with Crippen molar-refractivity contribution in [3.63, 3.8) is 0 Å². The largest absolute Gasteiger partial charge is 0.482 e. The van der Waals surface area contributed by atoms with Crippen molar-refractivity contribution in [3.8, 4) is 5.75 Å². The van der Waals surface area contributed by atoms with Crippen LogP contribution in [0.1, 0.15) is 6.42 Å². The molecule has 7 nitrogen and oxygen atoms in total. The fourth-order valence-electron chi connectivity index (χ4n) is 2.75. The average molecular weight is 304 g/mol. The van der Waals surface area contributed by atoms with E-state index in [1.165, 1.54) is 9.80 Å². The lowest BCUT2D eigenvalue weighted by molar-refractivity contribution is -0.141. The standard InChI is InChI=1S/C15H16N2O5/c18-13(16-6-5-10(7-16)15(20)21)8-17-11-3-1-2-4-12(11)22-9-14(17)19/h1-4,10H,5-9H2,(H,20,21). The van der Waals surface area contributed by atoms with Gasteiger partial charge in [-0.25, -0.2) is 0 Å². The highest BCUT2D eigenvalue weighted by Crippen LogP contribution is 2.31. The maximum absolute atomic E-state index is 12.3. The van der Waals surface area contributed by atoms with Crippen molar-refractivity contribution in [2.24, 2.45) is 5.92 Å². The summed E-state index contributed by atoms with van der Waals surface area (Å²) in [5.41, 5.74) is 0.570. The summed E-state index contributed by atoms with van der Waals surface area (Å²) < 4.78 is 5.33. The molecule has 2 aliphatic heterocycles. The van der Waals surface area contributed by atoms with Gasteiger partial charge in [0.15, 0.2) is 6.61 Å². The Labute approximate surface area is 127 Å². The number of rotatable bonds is 3. The zero-order valence-corrected chi connectivity index (χ0v) is 11.9. The third-order valence-corrected chi connectivity index (χ3v) is 3.99. The van der Waals surface area contributed by atoms with Gasteiger partial charge in [-0.3, -0.25) is 19.3 Å². The van der Waals surface area contributed by atoms with E-state index in [1.54, 1.807) is 24.3 Å². The normalized spacial score (nSPS) is 20.5. The van der Waals surface area contributed by atoms with Gasteiger partial charge in [-0.2, -0.15) is 0 Å². The molecule has 1 aromatic rings. The Morgan fingerprint density at radius 3 is 2.82 bits per heavy atom. The van der Waals surface area contributed by atoms with E-state index in [2.05, 4.69) is 0 Å². The van der Waals surface area contributed by atoms with Crippen LogP contribution < -0.4 is 9.64 Å². The number of carboxylic acid groups (broad SMARTS) is 1. The minimum absolute atomic E-state index is 0.0917. The maximum atomic E-state index is 12.3. The van der Waals surface area contributed by atoms with Crippen molar-refractivity contribution in [2.75, 3.05) is 31.1 Å². The molecule has 2 aliphatic rings. The van der Waals surface area contributed by atoms with Gasteiger partial charge in [0.25, 0.3) is 5.91 Å². The van der Waals surface area contributed by atoms with Crippen LogP contribution >= 0.6 is 0 Å². The molecule has 1 fully saturated rings. The number of nitrogens with zero attached hydrogens (tertiary/aromatic N) is 2. The number of carbonyl (C=O) groups excluding carboxylic acids is 2. The van der Waals surface area contributed by atoms with Gasteiger partial charge in [-0.15, -0.1) is 0 Å². The van der Waals surface area contributed by atoms with Crippen molar-refractivity contribution in [3.05, 3.63) is 24.3 Å². The predicted molar refractivity (Wildman–Crippen MR) is 76.6 cm³/mol. The van der Waals surface area contributed by atoms with Crippen LogP contribution in [-0.2, 0) is 14.4 Å². The van der Waals surface area contributed by atoms with Crippen LogP contribution in [0, 0.1) is 5.92 Å². The fourth-order valence-corrected chi connectivity index (χ4v) is 2.75. The van der Waals surface area contributed by atoms with Crippen molar-refractivity contribution in [1.29, 1.82) is 0 Å². The molecule has 0 bridgehead atoms. The minimum atomic E-state index is -0.886. The molecule has 1 N–H and O–H groups in total.